The van der Waals surface area contributed by atoms with Crippen molar-refractivity contribution in [1.82, 2.24) is 5.32 Å². The van der Waals surface area contributed by atoms with E-state index in [2.05, 4.69) is 47.0 Å². The van der Waals surface area contributed by atoms with Gasteiger partial charge in [0, 0.05) is 24.5 Å². The van der Waals surface area contributed by atoms with Crippen LogP contribution in [0, 0.1) is 0 Å². The number of carbonyl (C=O) groups excluding carboxylic acids is 1. The minimum atomic E-state index is -0.370. The maximum atomic E-state index is 12.6. The quantitative estimate of drug-likeness (QED) is 0.252. The molecule has 5 rings (SSSR count). The highest BCUT2D eigenvalue weighted by Gasteiger charge is 2.13. The fraction of sp³-hybridized carbons (Fsp3) is 0.125. The van der Waals surface area contributed by atoms with Crippen LogP contribution in [-0.2, 0) is 11.2 Å². The Morgan fingerprint density at radius 3 is 2.27 bits per heavy atom. The SMILES string of the molecule is CC(=O)N[C@H](CNc1cccc(-c2cc3ccccc3oc2=O)c1)Cc1ccc(-c2ccccc2)cc1. The topological polar surface area (TPSA) is 71.3 Å². The van der Waals surface area contributed by atoms with Crippen LogP contribution < -0.4 is 16.3 Å². The van der Waals surface area contributed by atoms with Gasteiger partial charge in [0.05, 0.1) is 11.6 Å². The number of hydrogen-bond donors (Lipinski definition) is 2. The molecular formula is C32H28N2O3. The van der Waals surface area contributed by atoms with Crippen molar-refractivity contribution in [3.8, 4) is 22.3 Å². The molecule has 0 saturated heterocycles. The molecule has 0 saturated carbocycles. The van der Waals surface area contributed by atoms with Crippen molar-refractivity contribution < 1.29 is 9.21 Å². The normalized spacial score (nSPS) is 11.7. The lowest BCUT2D eigenvalue weighted by Gasteiger charge is -2.20. The van der Waals surface area contributed by atoms with E-state index >= 15 is 0 Å². The highest BCUT2D eigenvalue weighted by Crippen LogP contribution is 2.24. The molecule has 1 atom stereocenters. The molecule has 5 nitrogen and oxygen atoms in total. The average molecular weight is 489 g/mol. The van der Waals surface area contributed by atoms with Crippen LogP contribution in [0.1, 0.15) is 12.5 Å². The summed E-state index contributed by atoms with van der Waals surface area (Å²) in [6.45, 7) is 2.07. The van der Waals surface area contributed by atoms with Gasteiger partial charge in [0.25, 0.3) is 0 Å². The first kappa shape index (κ1) is 24.1. The summed E-state index contributed by atoms with van der Waals surface area (Å²) in [5.41, 5.74) is 5.83. The molecule has 1 heterocycles. The molecule has 0 unspecified atom stereocenters. The van der Waals surface area contributed by atoms with Gasteiger partial charge in [-0.3, -0.25) is 4.79 Å². The van der Waals surface area contributed by atoms with Gasteiger partial charge in [-0.15, -0.1) is 0 Å². The van der Waals surface area contributed by atoms with Crippen molar-refractivity contribution in [2.45, 2.75) is 19.4 Å². The third-order valence-corrected chi connectivity index (χ3v) is 6.32. The maximum absolute atomic E-state index is 12.6. The van der Waals surface area contributed by atoms with Crippen molar-refractivity contribution in [2.24, 2.45) is 0 Å². The van der Waals surface area contributed by atoms with E-state index in [9.17, 15) is 9.59 Å². The number of para-hydroxylation sites is 1. The first-order valence-electron chi connectivity index (χ1n) is 12.3. The molecule has 37 heavy (non-hydrogen) atoms. The molecule has 0 aliphatic heterocycles. The average Bonchev–Trinajstić information content (AvgIpc) is 2.92. The molecule has 0 spiro atoms. The number of fused-ring (bicyclic) bond motifs is 1. The fourth-order valence-electron chi connectivity index (χ4n) is 4.51. The van der Waals surface area contributed by atoms with E-state index in [1.165, 1.54) is 12.5 Å². The number of rotatable bonds is 8. The van der Waals surface area contributed by atoms with Crippen LogP contribution in [-0.4, -0.2) is 18.5 Å². The zero-order valence-corrected chi connectivity index (χ0v) is 20.6. The second-order valence-corrected chi connectivity index (χ2v) is 9.11. The number of benzene rings is 4. The van der Waals surface area contributed by atoms with Crippen LogP contribution in [0.25, 0.3) is 33.2 Å². The highest BCUT2D eigenvalue weighted by atomic mass is 16.4. The molecule has 184 valence electrons. The van der Waals surface area contributed by atoms with Crippen molar-refractivity contribution in [3.05, 3.63) is 125 Å². The first-order valence-corrected chi connectivity index (χ1v) is 12.3. The van der Waals surface area contributed by atoms with Crippen LogP contribution in [0.2, 0.25) is 0 Å². The third-order valence-electron chi connectivity index (χ3n) is 6.32. The molecule has 0 aliphatic rings. The Hall–Kier alpha value is -4.64. The van der Waals surface area contributed by atoms with Gasteiger partial charge in [0.1, 0.15) is 5.58 Å². The number of carbonyl (C=O) groups is 1. The fourth-order valence-corrected chi connectivity index (χ4v) is 4.51. The standard InChI is InChI=1S/C32H28N2O3/c1-22(35)34-29(18-23-14-16-25(17-15-23)24-8-3-2-4-9-24)21-33-28-12-7-11-26(19-28)30-20-27-10-5-6-13-31(27)37-32(30)36/h2-17,19-20,29,33H,18,21H2,1H3,(H,34,35)/t29-/m0/s1. The van der Waals surface area contributed by atoms with Crippen molar-refractivity contribution in [1.29, 1.82) is 0 Å². The zero-order chi connectivity index (χ0) is 25.6. The van der Waals surface area contributed by atoms with Crippen molar-refractivity contribution in [2.75, 3.05) is 11.9 Å². The predicted molar refractivity (Wildman–Crippen MR) is 150 cm³/mol. The summed E-state index contributed by atoms with van der Waals surface area (Å²) in [4.78, 5) is 24.5. The largest absolute Gasteiger partial charge is 0.422 e. The minimum absolute atomic E-state index is 0.0739. The van der Waals surface area contributed by atoms with Gasteiger partial charge in [0.2, 0.25) is 5.91 Å². The smallest absolute Gasteiger partial charge is 0.344 e. The summed E-state index contributed by atoms with van der Waals surface area (Å²) < 4.78 is 5.51. The molecule has 0 radical (unpaired) electrons. The summed E-state index contributed by atoms with van der Waals surface area (Å²) in [5, 5.41) is 7.36. The van der Waals surface area contributed by atoms with E-state index in [0.717, 1.165) is 27.8 Å². The van der Waals surface area contributed by atoms with E-state index in [1.54, 1.807) is 6.07 Å². The first-order chi connectivity index (χ1) is 18.0. The molecule has 0 bridgehead atoms. The monoisotopic (exact) mass is 488 g/mol. The number of anilines is 1. The molecule has 2 N–H and O–H groups in total. The third kappa shape index (κ3) is 5.96. The van der Waals surface area contributed by atoms with Crippen LogP contribution in [0.15, 0.2) is 118 Å². The minimum Gasteiger partial charge on any atom is -0.422 e. The maximum Gasteiger partial charge on any atom is 0.344 e. The van der Waals surface area contributed by atoms with Gasteiger partial charge >= 0.3 is 5.63 Å². The van der Waals surface area contributed by atoms with Gasteiger partial charge in [-0.05, 0) is 52.9 Å². The molecule has 0 aliphatic carbocycles. The number of amides is 1. The van der Waals surface area contributed by atoms with Crippen molar-refractivity contribution in [3.63, 3.8) is 0 Å². The van der Waals surface area contributed by atoms with E-state index in [1.807, 2.05) is 66.7 Å². The summed E-state index contributed by atoms with van der Waals surface area (Å²) in [5.74, 6) is -0.0739. The van der Waals surface area contributed by atoms with Crippen LogP contribution in [0.3, 0.4) is 0 Å². The van der Waals surface area contributed by atoms with Crippen molar-refractivity contribution >= 4 is 22.6 Å². The molecule has 5 heteroatoms. The summed E-state index contributed by atoms with van der Waals surface area (Å²) in [6, 6.07) is 35.6. The van der Waals surface area contributed by atoms with E-state index < -0.39 is 0 Å². The highest BCUT2D eigenvalue weighted by molar-refractivity contribution is 5.82. The molecule has 0 fully saturated rings. The van der Waals surface area contributed by atoms with Crippen LogP contribution in [0.4, 0.5) is 5.69 Å². The number of nitrogens with one attached hydrogen (secondary N) is 2. The Kier molecular flexibility index (Phi) is 7.13. The van der Waals surface area contributed by atoms with Gasteiger partial charge in [-0.2, -0.15) is 0 Å². The Morgan fingerprint density at radius 2 is 1.49 bits per heavy atom. The number of hydrogen-bond acceptors (Lipinski definition) is 4. The second-order valence-electron chi connectivity index (χ2n) is 9.11. The van der Waals surface area contributed by atoms with Gasteiger partial charge in [-0.1, -0.05) is 84.9 Å². The zero-order valence-electron chi connectivity index (χ0n) is 20.6. The van der Waals surface area contributed by atoms with E-state index in [-0.39, 0.29) is 17.6 Å². The summed E-state index contributed by atoms with van der Waals surface area (Å²) in [7, 11) is 0. The Labute approximate surface area is 215 Å². The van der Waals surface area contributed by atoms with Gasteiger partial charge in [-0.25, -0.2) is 4.79 Å². The van der Waals surface area contributed by atoms with Crippen LogP contribution in [0.5, 0.6) is 0 Å². The lowest BCUT2D eigenvalue weighted by molar-refractivity contribution is -0.119. The van der Waals surface area contributed by atoms with E-state index in [0.29, 0.717) is 24.1 Å². The van der Waals surface area contributed by atoms with E-state index in [4.69, 9.17) is 4.42 Å². The summed E-state index contributed by atoms with van der Waals surface area (Å²) >= 11 is 0. The van der Waals surface area contributed by atoms with Gasteiger partial charge < -0.3 is 15.1 Å². The molecule has 4 aromatic carbocycles. The lowest BCUT2D eigenvalue weighted by Crippen LogP contribution is -2.40. The predicted octanol–water partition coefficient (Wildman–Crippen LogP) is 6.29. The Morgan fingerprint density at radius 1 is 0.784 bits per heavy atom. The molecule has 1 amide bonds. The molecule has 1 aromatic heterocycles. The lowest BCUT2D eigenvalue weighted by atomic mass is 10.0. The van der Waals surface area contributed by atoms with Crippen LogP contribution >= 0.6 is 0 Å². The summed E-state index contributed by atoms with van der Waals surface area (Å²) in [6.07, 6.45) is 0.690. The molecule has 5 aromatic rings. The van der Waals surface area contributed by atoms with Gasteiger partial charge in [0.15, 0.2) is 0 Å². The Bertz CT molecular complexity index is 1570. The molecular weight excluding hydrogens is 460 g/mol. The second kappa shape index (κ2) is 11.0. The Balaban J connectivity index is 1.30.